The average molecular weight is 234 g/mol. The maximum atomic E-state index is 12.0. The number of aromatic nitrogens is 1. The van der Waals surface area contributed by atoms with Crippen molar-refractivity contribution in [2.24, 2.45) is 5.92 Å². The Kier molecular flexibility index (Phi) is 2.30. The van der Waals surface area contributed by atoms with Crippen LogP contribution in [0.4, 0.5) is 5.69 Å². The van der Waals surface area contributed by atoms with E-state index in [1.165, 1.54) is 6.42 Å². The van der Waals surface area contributed by atoms with Crippen LogP contribution in [0.2, 0.25) is 0 Å². The number of hydrogen-bond donors (Lipinski definition) is 2. The van der Waals surface area contributed by atoms with E-state index in [-0.39, 0.29) is 17.7 Å². The summed E-state index contributed by atoms with van der Waals surface area (Å²) < 4.78 is 1.64. The predicted molar refractivity (Wildman–Crippen MR) is 65.9 cm³/mol. The fraction of sp³-hybridized carbons (Fsp3) is 0.615. The smallest absolute Gasteiger partial charge is 0.274 e. The Hall–Kier alpha value is -1.29. The van der Waals surface area contributed by atoms with E-state index >= 15 is 0 Å². The molecule has 1 heterocycles. The summed E-state index contributed by atoms with van der Waals surface area (Å²) in [7, 11) is 0. The van der Waals surface area contributed by atoms with Gasteiger partial charge in [0.2, 0.25) is 0 Å². The van der Waals surface area contributed by atoms with Crippen molar-refractivity contribution in [1.82, 2.24) is 4.57 Å². The van der Waals surface area contributed by atoms with Gasteiger partial charge in [0.05, 0.1) is 17.8 Å². The summed E-state index contributed by atoms with van der Waals surface area (Å²) in [5.74, 6) is 1.23. The number of aliphatic hydroxyl groups excluding tert-OH is 1. The van der Waals surface area contributed by atoms with Gasteiger partial charge in [-0.2, -0.15) is 0 Å². The highest BCUT2D eigenvalue weighted by atomic mass is 16.3. The number of pyridine rings is 1. The van der Waals surface area contributed by atoms with E-state index in [0.717, 1.165) is 18.4 Å². The first-order valence-corrected chi connectivity index (χ1v) is 6.27. The van der Waals surface area contributed by atoms with Crippen LogP contribution >= 0.6 is 0 Å². The Bertz CT molecular complexity index is 509. The zero-order valence-corrected chi connectivity index (χ0v) is 9.97. The van der Waals surface area contributed by atoms with Gasteiger partial charge in [0, 0.05) is 6.20 Å². The molecule has 1 aromatic heterocycles. The number of nitrogens with zero attached hydrogens (tertiary/aromatic N) is 1. The van der Waals surface area contributed by atoms with Gasteiger partial charge in [-0.05, 0) is 42.7 Å². The third-order valence-corrected chi connectivity index (χ3v) is 4.19. The van der Waals surface area contributed by atoms with E-state index in [0.29, 0.717) is 17.5 Å². The molecular formula is C13H18N2O2. The normalized spacial score (nSPS) is 35.4. The average Bonchev–Trinajstić information content (AvgIpc) is 2.99. The molecule has 0 aliphatic heterocycles. The van der Waals surface area contributed by atoms with Crippen LogP contribution in [-0.4, -0.2) is 15.8 Å². The molecular weight excluding hydrogens is 216 g/mol. The topological polar surface area (TPSA) is 68.2 Å². The zero-order chi connectivity index (χ0) is 12.2. The number of anilines is 1. The largest absolute Gasteiger partial charge is 0.394 e. The summed E-state index contributed by atoms with van der Waals surface area (Å²) in [6, 6.07) is 1.73. The Morgan fingerprint density at radius 3 is 2.65 bits per heavy atom. The third kappa shape index (κ3) is 1.67. The van der Waals surface area contributed by atoms with Gasteiger partial charge in [0.15, 0.2) is 0 Å². The van der Waals surface area contributed by atoms with E-state index in [1.54, 1.807) is 10.6 Å². The van der Waals surface area contributed by atoms with Crippen molar-refractivity contribution in [1.29, 1.82) is 0 Å². The van der Waals surface area contributed by atoms with Gasteiger partial charge < -0.3 is 15.4 Å². The van der Waals surface area contributed by atoms with E-state index in [9.17, 15) is 9.90 Å². The highest BCUT2D eigenvalue weighted by Crippen LogP contribution is 2.47. The van der Waals surface area contributed by atoms with Crippen molar-refractivity contribution in [3.8, 4) is 0 Å². The SMILES string of the molecule is CC1CC1c1cc(N)c(=O)n([C@@H]2CC[C@H]2O)c1. The minimum atomic E-state index is -0.390. The van der Waals surface area contributed by atoms with Gasteiger partial charge in [0.25, 0.3) is 5.56 Å². The number of nitrogens with two attached hydrogens (primary N) is 1. The van der Waals surface area contributed by atoms with E-state index < -0.39 is 0 Å². The molecule has 17 heavy (non-hydrogen) atoms. The standard InChI is InChI=1S/C13H18N2O2/c1-7-4-9(7)8-5-10(14)13(17)15(6-8)11-2-3-12(11)16/h5-7,9,11-12,16H,2-4,14H2,1H3/t7?,9?,11-,12-/m1/s1. The van der Waals surface area contributed by atoms with Gasteiger partial charge in [-0.1, -0.05) is 6.92 Å². The van der Waals surface area contributed by atoms with E-state index in [2.05, 4.69) is 6.92 Å². The molecule has 0 radical (unpaired) electrons. The number of hydrogen-bond acceptors (Lipinski definition) is 3. The van der Waals surface area contributed by atoms with Crippen molar-refractivity contribution in [2.45, 2.75) is 44.2 Å². The molecule has 2 fully saturated rings. The number of nitrogen functional groups attached to an aromatic ring is 1. The Labute approximate surface area is 100 Å². The molecule has 4 nitrogen and oxygen atoms in total. The van der Waals surface area contributed by atoms with Crippen LogP contribution in [0.3, 0.4) is 0 Å². The fourth-order valence-corrected chi connectivity index (χ4v) is 2.67. The van der Waals surface area contributed by atoms with Crippen LogP contribution in [0.25, 0.3) is 0 Å². The number of aliphatic hydroxyl groups is 1. The third-order valence-electron chi connectivity index (χ3n) is 4.19. The molecule has 4 heteroatoms. The second-order valence-corrected chi connectivity index (χ2v) is 5.47. The first kappa shape index (κ1) is 10.8. The fourth-order valence-electron chi connectivity index (χ4n) is 2.67. The molecule has 0 spiro atoms. The van der Waals surface area contributed by atoms with Crippen molar-refractivity contribution < 1.29 is 5.11 Å². The lowest BCUT2D eigenvalue weighted by Crippen LogP contribution is -2.39. The van der Waals surface area contributed by atoms with Gasteiger partial charge >= 0.3 is 0 Å². The molecule has 0 saturated heterocycles. The molecule has 3 N–H and O–H groups in total. The molecule has 0 bridgehead atoms. The van der Waals surface area contributed by atoms with Crippen LogP contribution in [0.15, 0.2) is 17.1 Å². The van der Waals surface area contributed by atoms with Crippen molar-refractivity contribution >= 4 is 5.69 Å². The van der Waals surface area contributed by atoms with Gasteiger partial charge in [-0.25, -0.2) is 0 Å². The Morgan fingerprint density at radius 2 is 2.18 bits per heavy atom. The summed E-state index contributed by atoms with van der Waals surface area (Å²) in [6.07, 6.45) is 4.33. The molecule has 0 amide bonds. The van der Waals surface area contributed by atoms with Gasteiger partial charge in [-0.15, -0.1) is 0 Å². The lowest BCUT2D eigenvalue weighted by molar-refractivity contribution is 0.0299. The molecule has 3 rings (SSSR count). The van der Waals surface area contributed by atoms with E-state index in [1.807, 2.05) is 6.20 Å². The zero-order valence-electron chi connectivity index (χ0n) is 9.97. The van der Waals surface area contributed by atoms with Crippen molar-refractivity contribution in [2.75, 3.05) is 5.73 Å². The lowest BCUT2D eigenvalue weighted by atomic mass is 9.88. The summed E-state index contributed by atoms with van der Waals surface area (Å²) in [5, 5.41) is 9.67. The summed E-state index contributed by atoms with van der Waals surface area (Å²) >= 11 is 0. The Balaban J connectivity index is 2.01. The van der Waals surface area contributed by atoms with Crippen molar-refractivity contribution in [3.63, 3.8) is 0 Å². The molecule has 2 unspecified atom stereocenters. The minimum Gasteiger partial charge on any atom is -0.394 e. The van der Waals surface area contributed by atoms with Crippen LogP contribution in [0.1, 0.15) is 43.7 Å². The number of rotatable bonds is 2. The predicted octanol–water partition coefficient (Wildman–Crippen LogP) is 1.25. The summed E-state index contributed by atoms with van der Waals surface area (Å²) in [6.45, 7) is 2.20. The van der Waals surface area contributed by atoms with Crippen LogP contribution in [-0.2, 0) is 0 Å². The highest BCUT2D eigenvalue weighted by Gasteiger charge is 2.36. The molecule has 2 aliphatic carbocycles. The van der Waals surface area contributed by atoms with E-state index in [4.69, 9.17) is 5.73 Å². The van der Waals surface area contributed by atoms with Crippen molar-refractivity contribution in [3.05, 3.63) is 28.2 Å². The highest BCUT2D eigenvalue weighted by molar-refractivity contribution is 5.41. The quantitative estimate of drug-likeness (QED) is 0.809. The molecule has 92 valence electrons. The lowest BCUT2D eigenvalue weighted by Gasteiger charge is -2.34. The van der Waals surface area contributed by atoms with Gasteiger partial charge in [0.1, 0.15) is 0 Å². The monoisotopic (exact) mass is 234 g/mol. The summed E-state index contributed by atoms with van der Waals surface area (Å²) in [5.41, 5.74) is 7.07. The first-order chi connectivity index (χ1) is 8.08. The van der Waals surface area contributed by atoms with Gasteiger partial charge in [-0.3, -0.25) is 4.79 Å². The molecule has 0 aromatic carbocycles. The van der Waals surface area contributed by atoms with Crippen LogP contribution in [0, 0.1) is 5.92 Å². The molecule has 1 aromatic rings. The van der Waals surface area contributed by atoms with Crippen LogP contribution in [0.5, 0.6) is 0 Å². The first-order valence-electron chi connectivity index (χ1n) is 6.27. The maximum absolute atomic E-state index is 12.0. The minimum absolute atomic E-state index is 0.0705. The second-order valence-electron chi connectivity index (χ2n) is 5.47. The maximum Gasteiger partial charge on any atom is 0.274 e. The van der Waals surface area contributed by atoms with Crippen LogP contribution < -0.4 is 11.3 Å². The molecule has 2 saturated carbocycles. The summed E-state index contributed by atoms with van der Waals surface area (Å²) in [4.78, 5) is 12.0. The Morgan fingerprint density at radius 1 is 1.47 bits per heavy atom. The second kappa shape index (κ2) is 3.60. The molecule has 4 atom stereocenters. The molecule has 2 aliphatic rings.